The molecule has 2 heterocycles. The van der Waals surface area contributed by atoms with Gasteiger partial charge in [0.15, 0.2) is 9.84 Å². The predicted octanol–water partition coefficient (Wildman–Crippen LogP) is 2.90. The third-order valence-electron chi connectivity index (χ3n) is 6.83. The van der Waals surface area contributed by atoms with E-state index in [-0.39, 0.29) is 34.9 Å². The Morgan fingerprint density at radius 1 is 1.03 bits per heavy atom. The molecule has 2 aliphatic rings. The van der Waals surface area contributed by atoms with Crippen LogP contribution < -0.4 is 14.5 Å². The number of carbonyl (C=O) groups is 2. The van der Waals surface area contributed by atoms with Crippen molar-refractivity contribution in [2.45, 2.75) is 44.0 Å². The minimum Gasteiger partial charge on any atom is -0.497 e. The van der Waals surface area contributed by atoms with Crippen molar-refractivity contribution in [3.8, 4) is 5.75 Å². The van der Waals surface area contributed by atoms with E-state index in [4.69, 9.17) is 4.74 Å². The summed E-state index contributed by atoms with van der Waals surface area (Å²) < 4.78 is 31.3. The first-order valence-corrected chi connectivity index (χ1v) is 13.7. The van der Waals surface area contributed by atoms with Gasteiger partial charge in [0, 0.05) is 62.5 Å². The predicted molar refractivity (Wildman–Crippen MR) is 136 cm³/mol. The topological polar surface area (TPSA) is 87.2 Å². The minimum atomic E-state index is -3.61. The van der Waals surface area contributed by atoms with Gasteiger partial charge in [-0.05, 0) is 49.2 Å². The number of hydrogen-bond acceptors (Lipinski definition) is 6. The standard InChI is InChI=1S/C26H33N3O5S/c1-4-25(30)29-19(2)16-20-17-23(8-9-24(20)29)35(32,33)15-10-26(31)28-13-11-27(12-14-28)21-6-5-7-22(18-21)34-3/h5-9,17-19H,4,10-16H2,1-3H3. The second-order valence-corrected chi connectivity index (χ2v) is 11.2. The average molecular weight is 500 g/mol. The van der Waals surface area contributed by atoms with Crippen LogP contribution in [0, 0.1) is 0 Å². The fourth-order valence-electron chi connectivity index (χ4n) is 4.87. The summed E-state index contributed by atoms with van der Waals surface area (Å²) in [5.74, 6) is 0.447. The maximum absolute atomic E-state index is 13.0. The van der Waals surface area contributed by atoms with Gasteiger partial charge in [0.2, 0.25) is 11.8 Å². The Balaban J connectivity index is 1.34. The number of benzene rings is 2. The Morgan fingerprint density at radius 2 is 1.77 bits per heavy atom. The van der Waals surface area contributed by atoms with E-state index in [0.29, 0.717) is 39.0 Å². The van der Waals surface area contributed by atoms with Gasteiger partial charge in [-0.25, -0.2) is 8.42 Å². The second-order valence-electron chi connectivity index (χ2n) is 9.10. The lowest BCUT2D eigenvalue weighted by Crippen LogP contribution is -2.49. The minimum absolute atomic E-state index is 0.00706. The number of ether oxygens (including phenoxy) is 1. The molecule has 2 amide bonds. The number of amides is 2. The molecule has 8 nitrogen and oxygen atoms in total. The lowest BCUT2D eigenvalue weighted by molar-refractivity contribution is -0.131. The summed E-state index contributed by atoms with van der Waals surface area (Å²) in [7, 11) is -1.98. The van der Waals surface area contributed by atoms with E-state index in [0.717, 1.165) is 22.7 Å². The highest BCUT2D eigenvalue weighted by Crippen LogP contribution is 2.34. The van der Waals surface area contributed by atoms with Crippen LogP contribution in [0.5, 0.6) is 5.75 Å². The van der Waals surface area contributed by atoms with Crippen molar-refractivity contribution in [1.82, 2.24) is 4.90 Å². The molecule has 0 bridgehead atoms. The molecule has 2 aromatic carbocycles. The SMILES string of the molecule is CCC(=O)N1c2ccc(S(=O)(=O)CCC(=O)N3CCN(c4cccc(OC)c4)CC3)cc2CC1C. The molecule has 0 radical (unpaired) electrons. The zero-order valence-electron chi connectivity index (χ0n) is 20.6. The smallest absolute Gasteiger partial charge is 0.226 e. The van der Waals surface area contributed by atoms with Gasteiger partial charge in [0.25, 0.3) is 0 Å². The van der Waals surface area contributed by atoms with Crippen LogP contribution in [0.2, 0.25) is 0 Å². The summed E-state index contributed by atoms with van der Waals surface area (Å²) in [4.78, 5) is 31.0. The number of methoxy groups -OCH3 is 1. The summed E-state index contributed by atoms with van der Waals surface area (Å²) in [6.07, 6.45) is 0.982. The van der Waals surface area contributed by atoms with E-state index in [1.807, 2.05) is 38.1 Å². The third-order valence-corrected chi connectivity index (χ3v) is 8.55. The molecule has 0 aliphatic carbocycles. The molecule has 188 valence electrons. The van der Waals surface area contributed by atoms with E-state index < -0.39 is 9.84 Å². The molecule has 1 fully saturated rings. The fraction of sp³-hybridized carbons (Fsp3) is 0.462. The third kappa shape index (κ3) is 5.29. The lowest BCUT2D eigenvalue weighted by atomic mass is 10.1. The van der Waals surface area contributed by atoms with E-state index in [1.165, 1.54) is 0 Å². The number of rotatable bonds is 7. The number of hydrogen-bond donors (Lipinski definition) is 0. The highest BCUT2D eigenvalue weighted by atomic mass is 32.2. The van der Waals surface area contributed by atoms with E-state index in [2.05, 4.69) is 4.90 Å². The van der Waals surface area contributed by atoms with Crippen LogP contribution in [0.1, 0.15) is 32.3 Å². The van der Waals surface area contributed by atoms with Crippen molar-refractivity contribution in [1.29, 1.82) is 0 Å². The molecule has 1 unspecified atom stereocenters. The van der Waals surface area contributed by atoms with Gasteiger partial charge in [-0.15, -0.1) is 0 Å². The summed E-state index contributed by atoms with van der Waals surface area (Å²) in [5.41, 5.74) is 2.69. The Morgan fingerprint density at radius 3 is 2.46 bits per heavy atom. The molecule has 2 aliphatic heterocycles. The van der Waals surface area contributed by atoms with Gasteiger partial charge in [-0.2, -0.15) is 0 Å². The Kier molecular flexibility index (Phi) is 7.35. The monoisotopic (exact) mass is 499 g/mol. The summed E-state index contributed by atoms with van der Waals surface area (Å²) in [6, 6.07) is 12.8. The zero-order valence-corrected chi connectivity index (χ0v) is 21.4. The lowest BCUT2D eigenvalue weighted by Gasteiger charge is -2.36. The number of piperazine rings is 1. The van der Waals surface area contributed by atoms with E-state index >= 15 is 0 Å². The summed E-state index contributed by atoms with van der Waals surface area (Å²) in [5, 5.41) is 0. The fourth-order valence-corrected chi connectivity index (χ4v) is 6.15. The number of nitrogens with zero attached hydrogens (tertiary/aromatic N) is 3. The summed E-state index contributed by atoms with van der Waals surface area (Å²) >= 11 is 0. The molecular weight excluding hydrogens is 466 g/mol. The molecule has 35 heavy (non-hydrogen) atoms. The van der Waals surface area contributed by atoms with E-state index in [1.54, 1.807) is 35.1 Å². The van der Waals surface area contributed by atoms with Crippen molar-refractivity contribution in [3.05, 3.63) is 48.0 Å². The highest BCUT2D eigenvalue weighted by Gasteiger charge is 2.31. The number of fused-ring (bicyclic) bond motifs is 1. The molecule has 0 saturated carbocycles. The Hall–Kier alpha value is -3.07. The Bertz CT molecular complexity index is 1210. The van der Waals surface area contributed by atoms with Gasteiger partial charge in [-0.3, -0.25) is 9.59 Å². The maximum Gasteiger partial charge on any atom is 0.226 e. The van der Waals surface area contributed by atoms with Crippen LogP contribution >= 0.6 is 0 Å². The van der Waals surface area contributed by atoms with Gasteiger partial charge in [0.05, 0.1) is 17.8 Å². The largest absolute Gasteiger partial charge is 0.497 e. The molecule has 9 heteroatoms. The number of anilines is 2. The molecular formula is C26H33N3O5S. The van der Waals surface area contributed by atoms with Crippen LogP contribution in [0.4, 0.5) is 11.4 Å². The zero-order chi connectivity index (χ0) is 25.2. The quantitative estimate of drug-likeness (QED) is 0.582. The first kappa shape index (κ1) is 25.0. The molecule has 0 N–H and O–H groups in total. The molecule has 1 saturated heterocycles. The molecule has 2 aromatic rings. The van der Waals surface area contributed by atoms with Crippen LogP contribution in [0.25, 0.3) is 0 Å². The average Bonchev–Trinajstić information content (AvgIpc) is 3.21. The molecule has 0 spiro atoms. The van der Waals surface area contributed by atoms with Crippen LogP contribution in [-0.4, -0.2) is 70.2 Å². The van der Waals surface area contributed by atoms with Gasteiger partial charge >= 0.3 is 0 Å². The van der Waals surface area contributed by atoms with Crippen molar-refractivity contribution < 1.29 is 22.7 Å². The number of sulfone groups is 1. The first-order chi connectivity index (χ1) is 16.7. The maximum atomic E-state index is 13.0. The second kappa shape index (κ2) is 10.3. The van der Waals surface area contributed by atoms with Crippen molar-refractivity contribution >= 4 is 33.0 Å². The normalized spacial score (nSPS) is 17.9. The molecule has 1 atom stereocenters. The highest BCUT2D eigenvalue weighted by molar-refractivity contribution is 7.91. The Labute approximate surface area is 207 Å². The van der Waals surface area contributed by atoms with Crippen LogP contribution in [0.15, 0.2) is 47.4 Å². The van der Waals surface area contributed by atoms with Crippen LogP contribution in [0.3, 0.4) is 0 Å². The molecule has 0 aromatic heterocycles. The number of carbonyl (C=O) groups excluding carboxylic acids is 2. The van der Waals surface area contributed by atoms with E-state index in [9.17, 15) is 18.0 Å². The van der Waals surface area contributed by atoms with Gasteiger partial charge in [0.1, 0.15) is 5.75 Å². The summed E-state index contributed by atoms with van der Waals surface area (Å²) in [6.45, 7) is 6.25. The van der Waals surface area contributed by atoms with Crippen molar-refractivity contribution in [2.75, 3.05) is 48.8 Å². The van der Waals surface area contributed by atoms with Crippen molar-refractivity contribution in [2.24, 2.45) is 0 Å². The molecule has 4 rings (SSSR count). The van der Waals surface area contributed by atoms with Gasteiger partial charge in [-0.1, -0.05) is 13.0 Å². The first-order valence-electron chi connectivity index (χ1n) is 12.1. The van der Waals surface area contributed by atoms with Gasteiger partial charge < -0.3 is 19.4 Å². The van der Waals surface area contributed by atoms with Crippen LogP contribution in [-0.2, 0) is 25.8 Å². The van der Waals surface area contributed by atoms with Crippen molar-refractivity contribution in [3.63, 3.8) is 0 Å².